The smallest absolute Gasteiger partial charge is 0.0319 e. The Hall–Kier alpha value is 0.323. The summed E-state index contributed by atoms with van der Waals surface area (Å²) in [4.78, 5) is 0. The molecule has 0 saturated heterocycles. The molecule has 0 unspecified atom stereocenters. The Morgan fingerprint density at radius 2 is 2.00 bits per heavy atom. The van der Waals surface area contributed by atoms with Crippen LogP contribution < -0.4 is 0 Å². The largest absolute Gasteiger partial charge is 0.400 e. The summed E-state index contributed by atoms with van der Waals surface area (Å²) >= 11 is 0. The first-order valence-corrected chi connectivity index (χ1v) is 2.16. The molecule has 0 spiro atoms. The summed E-state index contributed by atoms with van der Waals surface area (Å²) in [6, 6.07) is 0. The van der Waals surface area contributed by atoms with E-state index in [1.54, 1.807) is 0 Å². The Kier molecular flexibility index (Phi) is 28.3. The molecule has 2 heteroatoms. The second kappa shape index (κ2) is 15.8. The predicted octanol–water partition coefficient (Wildman–Crippen LogP) is 1.55. The van der Waals surface area contributed by atoms with Crippen molar-refractivity contribution in [2.75, 3.05) is 7.11 Å². The van der Waals surface area contributed by atoms with Crippen molar-refractivity contribution >= 4 is 0 Å². The molecule has 0 atom stereocenters. The van der Waals surface area contributed by atoms with E-state index in [2.05, 4.69) is 12.2 Å². The fourth-order valence-electron chi connectivity index (χ4n) is 0.340. The van der Waals surface area contributed by atoms with Crippen LogP contribution in [0.15, 0.2) is 18.2 Å². The first-order chi connectivity index (χ1) is 3.50. The quantitative estimate of drug-likeness (QED) is 0.594. The Labute approximate surface area is 76.6 Å². The van der Waals surface area contributed by atoms with Crippen LogP contribution in [0.25, 0.3) is 0 Å². The number of hydrogen-bond donors (Lipinski definition) is 1. The van der Waals surface area contributed by atoms with Crippen molar-refractivity contribution < 1.29 is 31.3 Å². The van der Waals surface area contributed by atoms with E-state index >= 15 is 0 Å². The van der Waals surface area contributed by atoms with Crippen molar-refractivity contribution in [2.45, 2.75) is 13.8 Å². The van der Waals surface area contributed by atoms with E-state index in [9.17, 15) is 0 Å². The average Bonchev–Trinajstić information content (AvgIpc) is 2.23. The van der Waals surface area contributed by atoms with E-state index in [0.29, 0.717) is 0 Å². The Morgan fingerprint density at radius 3 is 2.11 bits per heavy atom. The number of hydrogen-bond acceptors (Lipinski definition) is 1. The first kappa shape index (κ1) is 16.2. The minimum absolute atomic E-state index is 0. The van der Waals surface area contributed by atoms with E-state index in [-0.39, 0.29) is 33.6 Å². The summed E-state index contributed by atoms with van der Waals surface area (Å²) in [5, 5.41) is 7.00. The van der Waals surface area contributed by atoms with Crippen molar-refractivity contribution in [1.82, 2.24) is 0 Å². The van der Waals surface area contributed by atoms with Crippen LogP contribution in [0, 0.1) is 6.08 Å². The number of aliphatic hydroxyl groups is 1. The Bertz CT molecular complexity index is 67.0. The van der Waals surface area contributed by atoms with Crippen LogP contribution in [0.4, 0.5) is 0 Å². The first-order valence-electron chi connectivity index (χ1n) is 2.16. The van der Waals surface area contributed by atoms with Crippen LogP contribution in [0.1, 0.15) is 13.8 Å². The van der Waals surface area contributed by atoms with Crippen LogP contribution >= 0.6 is 0 Å². The van der Waals surface area contributed by atoms with Gasteiger partial charge in [0.2, 0.25) is 0 Å². The number of aliphatic hydroxyl groups excluding tert-OH is 1. The molecular weight excluding hydrogens is 191 g/mol. The van der Waals surface area contributed by atoms with Gasteiger partial charge in [-0.25, -0.2) is 12.2 Å². The van der Waals surface area contributed by atoms with Gasteiger partial charge in [0.15, 0.2) is 0 Å². The van der Waals surface area contributed by atoms with Gasteiger partial charge in [-0.05, 0) is 0 Å². The van der Waals surface area contributed by atoms with Crippen molar-refractivity contribution in [2.24, 2.45) is 0 Å². The molecule has 0 aromatic rings. The van der Waals surface area contributed by atoms with Crippen molar-refractivity contribution in [3.05, 3.63) is 24.3 Å². The SMILES string of the molecule is C.CO.[C-]1=CC=CC1.[Zr]. The van der Waals surface area contributed by atoms with Crippen molar-refractivity contribution in [1.29, 1.82) is 0 Å². The Morgan fingerprint density at radius 1 is 1.44 bits per heavy atom. The van der Waals surface area contributed by atoms with Crippen LogP contribution in [0.2, 0.25) is 0 Å². The molecular formula is C7H13OZr-. The van der Waals surface area contributed by atoms with Gasteiger partial charge in [-0.2, -0.15) is 6.08 Å². The molecule has 0 aromatic heterocycles. The van der Waals surface area contributed by atoms with E-state index < -0.39 is 0 Å². The normalized spacial score (nSPS) is 10.4. The molecule has 0 heterocycles. The van der Waals surface area contributed by atoms with Gasteiger partial charge >= 0.3 is 0 Å². The third-order valence-corrected chi connectivity index (χ3v) is 0.586. The second-order valence-electron chi connectivity index (χ2n) is 1.00. The van der Waals surface area contributed by atoms with Crippen LogP contribution in [0.3, 0.4) is 0 Å². The molecule has 0 bridgehead atoms. The maximum absolute atomic E-state index is 7.00. The van der Waals surface area contributed by atoms with Crippen LogP contribution in [-0.2, 0) is 26.2 Å². The molecule has 0 radical (unpaired) electrons. The number of rotatable bonds is 0. The summed E-state index contributed by atoms with van der Waals surface area (Å²) in [7, 11) is 1.00. The van der Waals surface area contributed by atoms with Gasteiger partial charge in [-0.15, -0.1) is 6.42 Å². The zero-order valence-electron chi connectivity index (χ0n) is 4.89. The minimum atomic E-state index is 0. The molecule has 1 aliphatic rings. The van der Waals surface area contributed by atoms with Crippen LogP contribution in [-0.4, -0.2) is 12.2 Å². The molecule has 9 heavy (non-hydrogen) atoms. The van der Waals surface area contributed by atoms with E-state index in [4.69, 9.17) is 5.11 Å². The maximum atomic E-state index is 7.00. The van der Waals surface area contributed by atoms with Gasteiger partial charge in [0.1, 0.15) is 0 Å². The summed E-state index contributed by atoms with van der Waals surface area (Å²) < 4.78 is 0. The number of allylic oxidation sites excluding steroid dienone is 4. The monoisotopic (exact) mass is 203 g/mol. The van der Waals surface area contributed by atoms with Gasteiger partial charge in [0, 0.05) is 33.3 Å². The van der Waals surface area contributed by atoms with Crippen molar-refractivity contribution in [3.8, 4) is 0 Å². The van der Waals surface area contributed by atoms with Crippen molar-refractivity contribution in [3.63, 3.8) is 0 Å². The molecule has 0 aromatic carbocycles. The molecule has 0 aliphatic heterocycles. The topological polar surface area (TPSA) is 20.2 Å². The molecule has 52 valence electrons. The molecule has 0 saturated carbocycles. The average molecular weight is 204 g/mol. The predicted molar refractivity (Wildman–Crippen MR) is 36.4 cm³/mol. The van der Waals surface area contributed by atoms with E-state index in [0.717, 1.165) is 13.5 Å². The maximum Gasteiger partial charge on any atom is 0.0319 e. The van der Waals surface area contributed by atoms with Gasteiger partial charge in [0.05, 0.1) is 0 Å². The summed E-state index contributed by atoms with van der Waals surface area (Å²) in [5.74, 6) is 0. The van der Waals surface area contributed by atoms with Crippen LogP contribution in [0.5, 0.6) is 0 Å². The van der Waals surface area contributed by atoms with E-state index in [1.165, 1.54) is 0 Å². The summed E-state index contributed by atoms with van der Waals surface area (Å²) in [6.45, 7) is 0. The van der Waals surface area contributed by atoms with E-state index in [1.807, 2.05) is 12.2 Å². The second-order valence-corrected chi connectivity index (χ2v) is 1.00. The van der Waals surface area contributed by atoms with Gasteiger partial charge in [-0.1, -0.05) is 7.43 Å². The minimum Gasteiger partial charge on any atom is -0.400 e. The third-order valence-electron chi connectivity index (χ3n) is 0.586. The fraction of sp³-hybridized carbons (Fsp3) is 0.429. The standard InChI is InChI=1S/C5H5.CH4O.CH4.Zr/c1-2-4-5-3-1;1-2;;/h1-3H,4H2;2H,1H3;1H4;/q-1;;;. The van der Waals surface area contributed by atoms with Gasteiger partial charge in [-0.3, -0.25) is 6.08 Å². The summed E-state index contributed by atoms with van der Waals surface area (Å²) in [5.41, 5.74) is 0. The zero-order valence-corrected chi connectivity index (χ0v) is 7.34. The summed E-state index contributed by atoms with van der Waals surface area (Å²) in [6.07, 6.45) is 10.0. The molecule has 1 aliphatic carbocycles. The third kappa shape index (κ3) is 11.7. The molecule has 1 N–H and O–H groups in total. The Balaban J connectivity index is -0.0000000836. The van der Waals surface area contributed by atoms with Gasteiger partial charge < -0.3 is 5.11 Å². The molecule has 0 fully saturated rings. The van der Waals surface area contributed by atoms with Gasteiger partial charge in [0.25, 0.3) is 0 Å². The molecule has 1 nitrogen and oxygen atoms in total. The zero-order chi connectivity index (χ0) is 5.54. The molecule has 1 rings (SSSR count). The molecule has 0 amide bonds. The fourth-order valence-corrected chi connectivity index (χ4v) is 0.340.